The number of nitrogens with one attached hydrogen (secondary N) is 1. The summed E-state index contributed by atoms with van der Waals surface area (Å²) < 4.78 is 0. The first-order chi connectivity index (χ1) is 8.15. The summed E-state index contributed by atoms with van der Waals surface area (Å²) in [7, 11) is 0. The molecule has 1 N–H and O–H groups in total. The summed E-state index contributed by atoms with van der Waals surface area (Å²) >= 11 is 0. The van der Waals surface area contributed by atoms with Crippen LogP contribution in [0.4, 0.5) is 5.69 Å². The number of aryl methyl sites for hydroxylation is 2. The van der Waals surface area contributed by atoms with Crippen LogP contribution in [0.15, 0.2) is 18.2 Å². The zero-order valence-electron chi connectivity index (χ0n) is 11.7. The smallest absolute Gasteiger partial charge is 0.0345 e. The van der Waals surface area contributed by atoms with E-state index in [9.17, 15) is 0 Å². The molecule has 2 heteroatoms. The molecular formula is C15H26N2. The molecule has 2 nitrogen and oxygen atoms in total. The Kier molecular flexibility index (Phi) is 6.06. The van der Waals surface area contributed by atoms with Crippen LogP contribution in [0.3, 0.4) is 0 Å². The number of benzene rings is 1. The third kappa shape index (κ3) is 5.22. The minimum Gasteiger partial charge on any atom is -0.385 e. The summed E-state index contributed by atoms with van der Waals surface area (Å²) in [5, 5.41) is 3.50. The highest BCUT2D eigenvalue weighted by molar-refractivity contribution is 5.48. The van der Waals surface area contributed by atoms with Gasteiger partial charge in [0.05, 0.1) is 0 Å². The maximum Gasteiger partial charge on any atom is 0.0345 e. The first kappa shape index (κ1) is 14.0. The average molecular weight is 234 g/mol. The van der Waals surface area contributed by atoms with Gasteiger partial charge >= 0.3 is 0 Å². The summed E-state index contributed by atoms with van der Waals surface area (Å²) in [6, 6.07) is 6.63. The van der Waals surface area contributed by atoms with Crippen molar-refractivity contribution in [2.24, 2.45) is 0 Å². The molecule has 1 aromatic carbocycles. The molecule has 0 atom stereocenters. The van der Waals surface area contributed by atoms with E-state index in [0.717, 1.165) is 19.6 Å². The van der Waals surface area contributed by atoms with Crippen molar-refractivity contribution in [3.63, 3.8) is 0 Å². The lowest BCUT2D eigenvalue weighted by Crippen LogP contribution is -2.25. The highest BCUT2D eigenvalue weighted by Crippen LogP contribution is 2.13. The average Bonchev–Trinajstić information content (AvgIpc) is 2.28. The van der Waals surface area contributed by atoms with E-state index in [-0.39, 0.29) is 0 Å². The Hall–Kier alpha value is -1.02. The lowest BCUT2D eigenvalue weighted by molar-refractivity contribution is 0.303. The predicted octanol–water partition coefficient (Wildman–Crippen LogP) is 3.45. The fourth-order valence-electron chi connectivity index (χ4n) is 2.15. The van der Waals surface area contributed by atoms with Crippen LogP contribution in [0.2, 0.25) is 0 Å². The number of nitrogens with zero attached hydrogens (tertiary/aromatic N) is 1. The van der Waals surface area contributed by atoms with Crippen LogP contribution in [0.5, 0.6) is 0 Å². The maximum atomic E-state index is 3.50. The molecule has 0 aliphatic heterocycles. The first-order valence-electron chi connectivity index (χ1n) is 6.70. The molecule has 0 saturated carbocycles. The van der Waals surface area contributed by atoms with Gasteiger partial charge in [-0.25, -0.2) is 0 Å². The Morgan fingerprint density at radius 3 is 2.12 bits per heavy atom. The summed E-state index contributed by atoms with van der Waals surface area (Å²) in [5.74, 6) is 0. The van der Waals surface area contributed by atoms with Gasteiger partial charge in [-0.15, -0.1) is 0 Å². The Morgan fingerprint density at radius 1 is 1.00 bits per heavy atom. The standard InChI is InChI=1S/C15H26N2/c1-5-17(6-2)9-7-8-16-15-11-13(3)10-14(4)12-15/h10-12,16H,5-9H2,1-4H3. The van der Waals surface area contributed by atoms with Gasteiger partial charge in [-0.05, 0) is 63.2 Å². The van der Waals surface area contributed by atoms with Crippen molar-refractivity contribution in [2.45, 2.75) is 34.1 Å². The van der Waals surface area contributed by atoms with Crippen LogP contribution in [0.25, 0.3) is 0 Å². The lowest BCUT2D eigenvalue weighted by Gasteiger charge is -2.18. The van der Waals surface area contributed by atoms with Gasteiger partial charge in [-0.2, -0.15) is 0 Å². The topological polar surface area (TPSA) is 15.3 Å². The second-order valence-electron chi connectivity index (χ2n) is 4.68. The first-order valence-corrected chi connectivity index (χ1v) is 6.70. The molecule has 0 fully saturated rings. The summed E-state index contributed by atoms with van der Waals surface area (Å²) in [6.45, 7) is 13.3. The van der Waals surface area contributed by atoms with Gasteiger partial charge in [0.2, 0.25) is 0 Å². The normalized spacial score (nSPS) is 10.9. The highest BCUT2D eigenvalue weighted by Gasteiger charge is 1.99. The SMILES string of the molecule is CCN(CC)CCCNc1cc(C)cc(C)c1. The Balaban J connectivity index is 2.31. The van der Waals surface area contributed by atoms with E-state index in [1.165, 1.54) is 29.8 Å². The van der Waals surface area contributed by atoms with E-state index >= 15 is 0 Å². The second-order valence-corrected chi connectivity index (χ2v) is 4.68. The molecular weight excluding hydrogens is 208 g/mol. The van der Waals surface area contributed by atoms with E-state index in [1.807, 2.05) is 0 Å². The zero-order valence-corrected chi connectivity index (χ0v) is 11.7. The van der Waals surface area contributed by atoms with Gasteiger partial charge in [0, 0.05) is 12.2 Å². The lowest BCUT2D eigenvalue weighted by atomic mass is 10.1. The highest BCUT2D eigenvalue weighted by atomic mass is 15.1. The summed E-state index contributed by atoms with van der Waals surface area (Å²) in [5.41, 5.74) is 3.91. The monoisotopic (exact) mass is 234 g/mol. The van der Waals surface area contributed by atoms with Crippen molar-refractivity contribution in [1.82, 2.24) is 4.90 Å². The molecule has 1 rings (SSSR count). The maximum absolute atomic E-state index is 3.50. The molecule has 0 saturated heterocycles. The Labute approximate surface area is 106 Å². The largest absolute Gasteiger partial charge is 0.385 e. The molecule has 0 aliphatic carbocycles. The Morgan fingerprint density at radius 2 is 1.59 bits per heavy atom. The minimum atomic E-state index is 1.05. The van der Waals surface area contributed by atoms with Crippen molar-refractivity contribution in [3.05, 3.63) is 29.3 Å². The molecule has 0 unspecified atom stereocenters. The zero-order chi connectivity index (χ0) is 12.7. The molecule has 0 radical (unpaired) electrons. The van der Waals surface area contributed by atoms with Gasteiger partial charge in [-0.3, -0.25) is 0 Å². The van der Waals surface area contributed by atoms with Crippen LogP contribution in [-0.2, 0) is 0 Å². The molecule has 0 aromatic heterocycles. The molecule has 17 heavy (non-hydrogen) atoms. The van der Waals surface area contributed by atoms with Gasteiger partial charge in [-0.1, -0.05) is 19.9 Å². The molecule has 0 bridgehead atoms. The van der Waals surface area contributed by atoms with Crippen LogP contribution in [0.1, 0.15) is 31.4 Å². The van der Waals surface area contributed by atoms with Crippen molar-refractivity contribution >= 4 is 5.69 Å². The minimum absolute atomic E-state index is 1.05. The predicted molar refractivity (Wildman–Crippen MR) is 76.8 cm³/mol. The van der Waals surface area contributed by atoms with Crippen molar-refractivity contribution in [3.8, 4) is 0 Å². The quantitative estimate of drug-likeness (QED) is 0.727. The van der Waals surface area contributed by atoms with Gasteiger partial charge in [0.15, 0.2) is 0 Å². The molecule has 0 spiro atoms. The van der Waals surface area contributed by atoms with Gasteiger partial charge < -0.3 is 10.2 Å². The van der Waals surface area contributed by atoms with Crippen molar-refractivity contribution in [2.75, 3.05) is 31.5 Å². The fraction of sp³-hybridized carbons (Fsp3) is 0.600. The number of anilines is 1. The molecule has 0 aliphatic rings. The summed E-state index contributed by atoms with van der Waals surface area (Å²) in [6.07, 6.45) is 1.20. The molecule has 96 valence electrons. The number of rotatable bonds is 7. The van der Waals surface area contributed by atoms with E-state index in [2.05, 4.69) is 56.1 Å². The third-order valence-electron chi connectivity index (χ3n) is 3.10. The summed E-state index contributed by atoms with van der Waals surface area (Å²) in [4.78, 5) is 2.46. The second kappa shape index (κ2) is 7.33. The van der Waals surface area contributed by atoms with Crippen molar-refractivity contribution in [1.29, 1.82) is 0 Å². The van der Waals surface area contributed by atoms with E-state index in [1.54, 1.807) is 0 Å². The van der Waals surface area contributed by atoms with E-state index in [4.69, 9.17) is 0 Å². The molecule has 0 heterocycles. The number of hydrogen-bond acceptors (Lipinski definition) is 2. The van der Waals surface area contributed by atoms with Crippen molar-refractivity contribution < 1.29 is 0 Å². The van der Waals surface area contributed by atoms with Crippen LogP contribution in [0, 0.1) is 13.8 Å². The van der Waals surface area contributed by atoms with Gasteiger partial charge in [0.1, 0.15) is 0 Å². The number of hydrogen-bond donors (Lipinski definition) is 1. The van der Waals surface area contributed by atoms with Gasteiger partial charge in [0.25, 0.3) is 0 Å². The molecule has 1 aromatic rings. The van der Waals surface area contributed by atoms with Crippen LogP contribution in [-0.4, -0.2) is 31.1 Å². The van der Waals surface area contributed by atoms with E-state index < -0.39 is 0 Å². The fourth-order valence-corrected chi connectivity index (χ4v) is 2.15. The van der Waals surface area contributed by atoms with E-state index in [0.29, 0.717) is 0 Å². The molecule has 0 amide bonds. The van der Waals surface area contributed by atoms with Crippen LogP contribution < -0.4 is 5.32 Å². The Bertz CT molecular complexity index is 309. The third-order valence-corrected chi connectivity index (χ3v) is 3.10. The van der Waals surface area contributed by atoms with Crippen LogP contribution >= 0.6 is 0 Å².